The van der Waals surface area contributed by atoms with Crippen LogP contribution >= 0.6 is 0 Å². The van der Waals surface area contributed by atoms with Crippen LogP contribution in [-0.4, -0.2) is 10.1 Å². The summed E-state index contributed by atoms with van der Waals surface area (Å²) in [5.41, 5.74) is 7.45. The minimum Gasteiger partial charge on any atom is -0.473 e. The van der Waals surface area contributed by atoms with Gasteiger partial charge in [-0.05, 0) is 54.0 Å². The SMILES string of the molecule is Cc1noc(-c2ccc(-c3ccc(C4CC4)cc3)cc2)c1Nc1cccc(OCc2ccccc2)n1. The summed E-state index contributed by atoms with van der Waals surface area (Å²) >= 11 is 0. The van der Waals surface area contributed by atoms with Gasteiger partial charge in [-0.3, -0.25) is 0 Å². The average molecular weight is 474 g/mol. The molecule has 1 N–H and O–H groups in total. The Morgan fingerprint density at radius 1 is 0.806 bits per heavy atom. The van der Waals surface area contributed by atoms with E-state index in [2.05, 4.69) is 64.0 Å². The van der Waals surface area contributed by atoms with Gasteiger partial charge < -0.3 is 14.6 Å². The number of nitrogens with zero attached hydrogens (tertiary/aromatic N) is 2. The third-order valence-corrected chi connectivity index (χ3v) is 6.51. The zero-order valence-electron chi connectivity index (χ0n) is 20.1. The highest BCUT2D eigenvalue weighted by Crippen LogP contribution is 2.40. The van der Waals surface area contributed by atoms with Crippen LogP contribution in [0, 0.1) is 6.92 Å². The fourth-order valence-corrected chi connectivity index (χ4v) is 4.32. The lowest BCUT2D eigenvalue weighted by Gasteiger charge is -2.10. The molecule has 1 fully saturated rings. The molecule has 178 valence electrons. The number of hydrogen-bond acceptors (Lipinski definition) is 5. The van der Waals surface area contributed by atoms with Gasteiger partial charge in [0, 0.05) is 11.6 Å². The molecule has 0 aliphatic heterocycles. The fourth-order valence-electron chi connectivity index (χ4n) is 4.32. The van der Waals surface area contributed by atoms with Crippen LogP contribution < -0.4 is 10.1 Å². The highest BCUT2D eigenvalue weighted by atomic mass is 16.5. The molecular weight excluding hydrogens is 446 g/mol. The first-order valence-electron chi connectivity index (χ1n) is 12.3. The lowest BCUT2D eigenvalue weighted by Crippen LogP contribution is -2.00. The normalized spacial score (nSPS) is 12.9. The lowest BCUT2D eigenvalue weighted by molar-refractivity contribution is 0.294. The maximum absolute atomic E-state index is 5.89. The molecule has 2 heterocycles. The van der Waals surface area contributed by atoms with Crippen molar-refractivity contribution in [3.05, 3.63) is 114 Å². The van der Waals surface area contributed by atoms with Gasteiger partial charge in [-0.2, -0.15) is 4.98 Å². The maximum Gasteiger partial charge on any atom is 0.215 e. The van der Waals surface area contributed by atoms with Crippen molar-refractivity contribution in [3.63, 3.8) is 0 Å². The van der Waals surface area contributed by atoms with Crippen LogP contribution in [-0.2, 0) is 6.61 Å². The molecule has 0 spiro atoms. The number of rotatable bonds is 8. The van der Waals surface area contributed by atoms with Crippen LogP contribution in [0.2, 0.25) is 0 Å². The fraction of sp³-hybridized carbons (Fsp3) is 0.161. The maximum atomic E-state index is 5.89. The number of aryl methyl sites for hydroxylation is 1. The molecule has 0 atom stereocenters. The van der Waals surface area contributed by atoms with Crippen molar-refractivity contribution >= 4 is 11.5 Å². The van der Waals surface area contributed by atoms with E-state index in [1.165, 1.54) is 29.5 Å². The molecule has 1 saturated carbocycles. The first-order chi connectivity index (χ1) is 17.7. The van der Waals surface area contributed by atoms with Gasteiger partial charge >= 0.3 is 0 Å². The Hall–Kier alpha value is -4.38. The van der Waals surface area contributed by atoms with E-state index in [9.17, 15) is 0 Å². The van der Waals surface area contributed by atoms with Gasteiger partial charge in [0.1, 0.15) is 23.8 Å². The summed E-state index contributed by atoms with van der Waals surface area (Å²) in [6, 6.07) is 33.1. The third-order valence-electron chi connectivity index (χ3n) is 6.51. The van der Waals surface area contributed by atoms with E-state index in [-0.39, 0.29) is 0 Å². The Morgan fingerprint density at radius 2 is 1.50 bits per heavy atom. The van der Waals surface area contributed by atoms with Crippen molar-refractivity contribution in [1.29, 1.82) is 0 Å². The van der Waals surface area contributed by atoms with Crippen LogP contribution in [0.25, 0.3) is 22.5 Å². The molecule has 3 aromatic carbocycles. The topological polar surface area (TPSA) is 60.2 Å². The van der Waals surface area contributed by atoms with Gasteiger partial charge in [-0.15, -0.1) is 0 Å². The Balaban J connectivity index is 1.18. The lowest BCUT2D eigenvalue weighted by atomic mass is 10.0. The monoisotopic (exact) mass is 473 g/mol. The Morgan fingerprint density at radius 3 is 2.22 bits per heavy atom. The number of nitrogens with one attached hydrogen (secondary N) is 1. The summed E-state index contributed by atoms with van der Waals surface area (Å²) in [4.78, 5) is 4.61. The number of benzene rings is 3. The van der Waals surface area contributed by atoms with E-state index in [1.54, 1.807) is 0 Å². The summed E-state index contributed by atoms with van der Waals surface area (Å²) < 4.78 is 11.6. The molecule has 1 aliphatic carbocycles. The molecule has 5 heteroatoms. The van der Waals surface area contributed by atoms with E-state index in [1.807, 2.05) is 55.5 Å². The second-order valence-corrected chi connectivity index (χ2v) is 9.21. The summed E-state index contributed by atoms with van der Waals surface area (Å²) in [5, 5.41) is 7.58. The summed E-state index contributed by atoms with van der Waals surface area (Å²) in [6.45, 7) is 2.38. The van der Waals surface area contributed by atoms with Crippen molar-refractivity contribution in [3.8, 4) is 28.3 Å². The van der Waals surface area contributed by atoms with Crippen LogP contribution in [0.3, 0.4) is 0 Å². The highest BCUT2D eigenvalue weighted by Gasteiger charge is 2.23. The number of pyridine rings is 1. The van der Waals surface area contributed by atoms with Gasteiger partial charge in [0.05, 0.1) is 0 Å². The molecule has 5 aromatic rings. The first-order valence-corrected chi connectivity index (χ1v) is 12.3. The zero-order valence-corrected chi connectivity index (χ0v) is 20.1. The minimum absolute atomic E-state index is 0.463. The van der Waals surface area contributed by atoms with Gasteiger partial charge in [-0.1, -0.05) is 90.1 Å². The van der Waals surface area contributed by atoms with Gasteiger partial charge in [0.15, 0.2) is 5.76 Å². The molecule has 2 aromatic heterocycles. The van der Waals surface area contributed by atoms with Crippen molar-refractivity contribution in [2.45, 2.75) is 32.3 Å². The first kappa shape index (κ1) is 22.1. The Bertz CT molecular complexity index is 1450. The average Bonchev–Trinajstić information content (AvgIpc) is 3.72. The molecule has 0 unspecified atom stereocenters. The van der Waals surface area contributed by atoms with Crippen molar-refractivity contribution < 1.29 is 9.26 Å². The predicted molar refractivity (Wildman–Crippen MR) is 142 cm³/mol. The number of anilines is 2. The zero-order chi connectivity index (χ0) is 24.3. The molecule has 0 radical (unpaired) electrons. The Labute approximate surface area is 210 Å². The summed E-state index contributed by atoms with van der Waals surface area (Å²) in [5.74, 6) is 2.67. The summed E-state index contributed by atoms with van der Waals surface area (Å²) in [7, 11) is 0. The molecule has 0 amide bonds. The van der Waals surface area contributed by atoms with Crippen molar-refractivity contribution in [2.24, 2.45) is 0 Å². The molecule has 5 nitrogen and oxygen atoms in total. The van der Waals surface area contributed by atoms with E-state index < -0.39 is 0 Å². The van der Waals surface area contributed by atoms with E-state index in [0.29, 0.717) is 24.1 Å². The molecular formula is C31H27N3O2. The van der Waals surface area contributed by atoms with Crippen molar-refractivity contribution in [2.75, 3.05) is 5.32 Å². The second kappa shape index (κ2) is 9.70. The van der Waals surface area contributed by atoms with Crippen LogP contribution in [0.5, 0.6) is 5.88 Å². The highest BCUT2D eigenvalue weighted by molar-refractivity contribution is 5.79. The van der Waals surface area contributed by atoms with Gasteiger partial charge in [0.2, 0.25) is 5.88 Å². The number of aromatic nitrogens is 2. The minimum atomic E-state index is 0.463. The van der Waals surface area contributed by atoms with Crippen LogP contribution in [0.4, 0.5) is 11.5 Å². The van der Waals surface area contributed by atoms with E-state index in [0.717, 1.165) is 28.4 Å². The quantitative estimate of drug-likeness (QED) is 0.248. The third kappa shape index (κ3) is 4.86. The number of hydrogen-bond donors (Lipinski definition) is 1. The van der Waals surface area contributed by atoms with Crippen LogP contribution in [0.1, 0.15) is 35.6 Å². The Kier molecular flexibility index (Phi) is 5.96. The molecule has 36 heavy (non-hydrogen) atoms. The van der Waals surface area contributed by atoms with Gasteiger partial charge in [-0.25, -0.2) is 0 Å². The molecule has 0 bridgehead atoms. The standard InChI is InChI=1S/C31H27N3O2/c1-21-30(33-28-8-5-9-29(32-28)35-20-22-6-3-2-4-7-22)31(36-34-21)27-18-16-26(17-19-27)25-14-12-24(13-15-25)23-10-11-23/h2-9,12-19,23H,10-11,20H2,1H3,(H,32,33). The van der Waals surface area contributed by atoms with E-state index in [4.69, 9.17) is 9.26 Å². The van der Waals surface area contributed by atoms with Crippen molar-refractivity contribution in [1.82, 2.24) is 10.1 Å². The summed E-state index contributed by atoms with van der Waals surface area (Å²) in [6.07, 6.45) is 2.64. The van der Waals surface area contributed by atoms with Gasteiger partial charge in [0.25, 0.3) is 0 Å². The smallest absolute Gasteiger partial charge is 0.215 e. The molecule has 1 aliphatic rings. The molecule has 6 rings (SSSR count). The van der Waals surface area contributed by atoms with E-state index >= 15 is 0 Å². The second-order valence-electron chi connectivity index (χ2n) is 9.21. The predicted octanol–water partition coefficient (Wildman–Crippen LogP) is 7.91. The molecule has 0 saturated heterocycles. The largest absolute Gasteiger partial charge is 0.473 e. The number of ether oxygens (including phenoxy) is 1. The van der Waals surface area contributed by atoms with Crippen LogP contribution in [0.15, 0.2) is 102 Å².